The van der Waals surface area contributed by atoms with Crippen LogP contribution in [0.15, 0.2) is 53.7 Å². The quantitative estimate of drug-likeness (QED) is 0.173. The van der Waals surface area contributed by atoms with Crippen LogP contribution in [-0.2, 0) is 11.8 Å². The molecular weight excluding hydrogens is 644 g/mol. The lowest BCUT2D eigenvalue weighted by atomic mass is 10.1. The van der Waals surface area contributed by atoms with Gasteiger partial charge in [-0.1, -0.05) is 0 Å². The number of aromatic nitrogens is 1. The van der Waals surface area contributed by atoms with E-state index in [0.717, 1.165) is 22.9 Å². The van der Waals surface area contributed by atoms with E-state index in [-0.39, 0.29) is 42.7 Å². The Morgan fingerprint density at radius 3 is 2.63 bits per heavy atom. The first-order valence-corrected chi connectivity index (χ1v) is 17.3. The largest absolute Gasteiger partial charge is 0.493 e. The second kappa shape index (κ2) is 14.5. The highest BCUT2D eigenvalue weighted by atomic mass is 32.1. The number of amides is 4. The number of carbonyl (C=O) groups excluding carboxylic acids is 4. The fourth-order valence-electron chi connectivity index (χ4n) is 6.21. The van der Waals surface area contributed by atoms with Crippen LogP contribution in [-0.4, -0.2) is 83.6 Å². The average molecular weight is 685 g/mol. The zero-order valence-corrected chi connectivity index (χ0v) is 28.9. The highest BCUT2D eigenvalue weighted by Gasteiger charge is 2.32. The molecule has 0 unspecified atom stereocenters. The molecule has 2 aliphatic rings. The standard InChI is InChI=1S/C36H40N6O6S/c1-5-41(6-2)36(46)32-16-22-15-23(11-12-31(22)49-32)39-34(44)28-17-24(21-40(28)3)38-33(43)10-8-14-48-30-19-27-26(18-29(30)47-4)35(45)42-13-7-9-25(42)20-37-27/h11-12,15-21,25H,5-10,13-14H2,1-4H3,(H,38,43)(H,39,44)/t25-/m0/s1. The first kappa shape index (κ1) is 33.7. The third-order valence-electron chi connectivity index (χ3n) is 8.82. The Kier molecular flexibility index (Phi) is 10.00. The van der Waals surface area contributed by atoms with Crippen LogP contribution in [0.2, 0.25) is 0 Å². The Balaban J connectivity index is 1.02. The number of nitrogens with one attached hydrogen (secondary N) is 2. The average Bonchev–Trinajstić information content (AvgIpc) is 3.82. The second-order valence-corrected chi connectivity index (χ2v) is 13.1. The maximum Gasteiger partial charge on any atom is 0.272 e. The molecule has 12 nitrogen and oxygen atoms in total. The van der Waals surface area contributed by atoms with E-state index in [1.165, 1.54) is 18.4 Å². The lowest BCUT2D eigenvalue weighted by molar-refractivity contribution is -0.116. The molecular formula is C36H40N6O6S. The minimum Gasteiger partial charge on any atom is -0.493 e. The second-order valence-electron chi connectivity index (χ2n) is 12.0. The number of benzene rings is 2. The van der Waals surface area contributed by atoms with Crippen molar-refractivity contribution in [2.45, 2.75) is 45.6 Å². The van der Waals surface area contributed by atoms with Crippen LogP contribution in [0.25, 0.3) is 10.1 Å². The maximum atomic E-state index is 13.2. The molecule has 0 spiro atoms. The van der Waals surface area contributed by atoms with E-state index in [9.17, 15) is 19.2 Å². The van der Waals surface area contributed by atoms with E-state index < -0.39 is 0 Å². The van der Waals surface area contributed by atoms with Gasteiger partial charge in [0.25, 0.3) is 17.7 Å². The number of aryl methyl sites for hydroxylation is 1. The third kappa shape index (κ3) is 7.16. The fraction of sp³-hybridized carbons (Fsp3) is 0.361. The molecule has 1 atom stereocenters. The molecule has 13 heteroatoms. The number of hydrogen-bond acceptors (Lipinski definition) is 8. The summed E-state index contributed by atoms with van der Waals surface area (Å²) in [5, 5.41) is 6.66. The van der Waals surface area contributed by atoms with Crippen molar-refractivity contribution in [3.05, 3.63) is 64.8 Å². The zero-order chi connectivity index (χ0) is 34.7. The zero-order valence-electron chi connectivity index (χ0n) is 28.1. The number of aliphatic imine (C=N–C) groups is 1. The smallest absolute Gasteiger partial charge is 0.272 e. The predicted molar refractivity (Wildman–Crippen MR) is 191 cm³/mol. The summed E-state index contributed by atoms with van der Waals surface area (Å²) < 4.78 is 14.1. The van der Waals surface area contributed by atoms with Crippen molar-refractivity contribution in [1.29, 1.82) is 0 Å². The van der Waals surface area contributed by atoms with E-state index in [1.54, 1.807) is 40.9 Å². The van der Waals surface area contributed by atoms with Crippen molar-refractivity contribution in [2.75, 3.05) is 44.0 Å². The molecule has 0 radical (unpaired) electrons. The fourth-order valence-corrected chi connectivity index (χ4v) is 7.22. The van der Waals surface area contributed by atoms with Gasteiger partial charge in [-0.15, -0.1) is 11.3 Å². The van der Waals surface area contributed by atoms with Crippen LogP contribution in [0.3, 0.4) is 0 Å². The first-order chi connectivity index (χ1) is 23.7. The van der Waals surface area contributed by atoms with Crippen molar-refractivity contribution in [3.63, 3.8) is 0 Å². The van der Waals surface area contributed by atoms with Crippen LogP contribution in [0.1, 0.15) is 70.0 Å². The number of nitrogens with zero attached hydrogens (tertiary/aromatic N) is 4. The monoisotopic (exact) mass is 684 g/mol. The predicted octanol–water partition coefficient (Wildman–Crippen LogP) is 6.10. The molecule has 49 heavy (non-hydrogen) atoms. The topological polar surface area (TPSA) is 135 Å². The number of rotatable bonds is 12. The van der Waals surface area contributed by atoms with Gasteiger partial charge in [-0.2, -0.15) is 0 Å². The minimum absolute atomic E-state index is 0.00172. The lowest BCUT2D eigenvalue weighted by Gasteiger charge is -2.20. The molecule has 2 aliphatic heterocycles. The van der Waals surface area contributed by atoms with Gasteiger partial charge < -0.3 is 34.5 Å². The van der Waals surface area contributed by atoms with E-state index in [4.69, 9.17) is 9.47 Å². The van der Waals surface area contributed by atoms with Crippen molar-refractivity contribution >= 4 is 68.3 Å². The first-order valence-electron chi connectivity index (χ1n) is 16.5. The third-order valence-corrected chi connectivity index (χ3v) is 9.92. The number of ether oxygens (including phenoxy) is 2. The van der Waals surface area contributed by atoms with Gasteiger partial charge in [-0.3, -0.25) is 24.2 Å². The Morgan fingerprint density at radius 1 is 1.04 bits per heavy atom. The number of fused-ring (bicyclic) bond motifs is 3. The summed E-state index contributed by atoms with van der Waals surface area (Å²) in [7, 11) is 3.26. The maximum absolute atomic E-state index is 13.2. The van der Waals surface area contributed by atoms with Crippen LogP contribution in [0.5, 0.6) is 11.5 Å². The molecule has 0 saturated carbocycles. The van der Waals surface area contributed by atoms with Crippen molar-refractivity contribution < 1.29 is 28.7 Å². The number of methoxy groups -OCH3 is 1. The van der Waals surface area contributed by atoms with Crippen molar-refractivity contribution in [2.24, 2.45) is 12.0 Å². The van der Waals surface area contributed by atoms with Crippen molar-refractivity contribution in [3.8, 4) is 11.5 Å². The molecule has 0 bridgehead atoms. The van der Waals surface area contributed by atoms with Gasteiger partial charge in [0, 0.05) is 62.0 Å². The molecule has 6 rings (SSSR count). The summed E-state index contributed by atoms with van der Waals surface area (Å²) in [6.07, 6.45) is 5.99. The Labute approximate surface area is 288 Å². The summed E-state index contributed by atoms with van der Waals surface area (Å²) in [4.78, 5) is 60.7. The summed E-state index contributed by atoms with van der Waals surface area (Å²) in [6.45, 7) is 6.16. The Morgan fingerprint density at radius 2 is 1.86 bits per heavy atom. The molecule has 4 aromatic rings. The van der Waals surface area contributed by atoms with Gasteiger partial charge in [-0.25, -0.2) is 0 Å². The van der Waals surface area contributed by atoms with Crippen LogP contribution in [0, 0.1) is 0 Å². The van der Waals surface area contributed by atoms with Gasteiger partial charge >= 0.3 is 0 Å². The van der Waals surface area contributed by atoms with Crippen LogP contribution >= 0.6 is 11.3 Å². The summed E-state index contributed by atoms with van der Waals surface area (Å²) in [5.41, 5.74) is 2.51. The molecule has 1 fully saturated rings. The summed E-state index contributed by atoms with van der Waals surface area (Å²) >= 11 is 1.44. The number of thiophene rings is 1. The SMILES string of the molecule is CCN(CC)C(=O)c1cc2cc(NC(=O)c3cc(NC(=O)CCCOc4cc5c(cc4OC)C(=O)N4CCC[C@H]4C=N5)cn3C)ccc2s1. The van der Waals surface area contributed by atoms with E-state index in [0.29, 0.717) is 70.8 Å². The number of carbonyl (C=O) groups is 4. The van der Waals surface area contributed by atoms with Crippen LogP contribution in [0.4, 0.5) is 17.1 Å². The summed E-state index contributed by atoms with van der Waals surface area (Å²) in [5.74, 6) is 0.290. The molecule has 0 aliphatic carbocycles. The Bertz CT molecular complexity index is 1940. The van der Waals surface area contributed by atoms with Crippen molar-refractivity contribution in [1.82, 2.24) is 14.4 Å². The van der Waals surface area contributed by atoms with Gasteiger partial charge in [0.2, 0.25) is 5.91 Å². The highest BCUT2D eigenvalue weighted by Crippen LogP contribution is 2.38. The molecule has 2 aromatic carbocycles. The van der Waals surface area contributed by atoms with Crippen LogP contribution < -0.4 is 20.1 Å². The molecule has 2 aromatic heterocycles. The minimum atomic E-state index is -0.327. The van der Waals surface area contributed by atoms with Gasteiger partial charge in [0.1, 0.15) is 5.69 Å². The Hall–Kier alpha value is -5.17. The lowest BCUT2D eigenvalue weighted by Crippen LogP contribution is -2.35. The molecule has 4 amide bonds. The van der Waals surface area contributed by atoms with E-state index in [1.807, 2.05) is 49.2 Å². The number of anilines is 2. The number of hydrogen-bond donors (Lipinski definition) is 2. The molecule has 4 heterocycles. The summed E-state index contributed by atoms with van der Waals surface area (Å²) in [6, 6.07) is 12.5. The van der Waals surface area contributed by atoms with E-state index >= 15 is 0 Å². The highest BCUT2D eigenvalue weighted by molar-refractivity contribution is 7.20. The molecule has 1 saturated heterocycles. The molecule has 256 valence electrons. The molecule has 2 N–H and O–H groups in total. The normalized spacial score (nSPS) is 15.1. The van der Waals surface area contributed by atoms with Gasteiger partial charge in [-0.05, 0) is 74.9 Å². The van der Waals surface area contributed by atoms with Gasteiger partial charge in [0.15, 0.2) is 11.5 Å². The van der Waals surface area contributed by atoms with Gasteiger partial charge in [0.05, 0.1) is 41.6 Å². The van der Waals surface area contributed by atoms with E-state index in [2.05, 4.69) is 15.6 Å².